The molecule has 0 fully saturated rings. The lowest BCUT2D eigenvalue weighted by Gasteiger charge is -2.12. The third-order valence-corrected chi connectivity index (χ3v) is 3.29. The number of hydrogen-bond donors (Lipinski definition) is 3. The molecule has 1 atom stereocenters. The second-order valence-corrected chi connectivity index (χ2v) is 5.39. The summed E-state index contributed by atoms with van der Waals surface area (Å²) in [6.07, 6.45) is 0.574. The lowest BCUT2D eigenvalue weighted by Crippen LogP contribution is -2.16. The van der Waals surface area contributed by atoms with Crippen LogP contribution in [0.5, 0.6) is 0 Å². The van der Waals surface area contributed by atoms with Gasteiger partial charge in [0.05, 0.1) is 0 Å². The maximum absolute atomic E-state index is 11.6. The van der Waals surface area contributed by atoms with Gasteiger partial charge in [0, 0.05) is 18.3 Å². The van der Waals surface area contributed by atoms with E-state index in [-0.39, 0.29) is 18.0 Å². The van der Waals surface area contributed by atoms with E-state index in [0.29, 0.717) is 6.42 Å². The minimum Gasteiger partial charge on any atom is -0.350 e. The smallest absolute Gasteiger partial charge is 0.224 e. The van der Waals surface area contributed by atoms with Gasteiger partial charge in [0.2, 0.25) is 5.91 Å². The number of carbonyl (C=O) groups excluding carboxylic acids is 1. The van der Waals surface area contributed by atoms with Gasteiger partial charge < -0.3 is 15.1 Å². The highest BCUT2D eigenvalue weighted by atomic mass is 31.2. The van der Waals surface area contributed by atoms with Crippen LogP contribution in [0.4, 0.5) is 5.69 Å². The predicted octanol–water partition coefficient (Wildman–Crippen LogP) is 2.26. The molecule has 0 aliphatic carbocycles. The summed E-state index contributed by atoms with van der Waals surface area (Å²) in [7, 11) is -1.91. The van der Waals surface area contributed by atoms with E-state index in [1.807, 2.05) is 38.1 Å². The summed E-state index contributed by atoms with van der Waals surface area (Å²) in [6.45, 7) is 3.81. The van der Waals surface area contributed by atoms with Crippen molar-refractivity contribution in [1.29, 1.82) is 0 Å². The summed E-state index contributed by atoms with van der Waals surface area (Å²) >= 11 is 0. The molecule has 1 amide bonds. The summed E-state index contributed by atoms with van der Waals surface area (Å²) in [5.41, 5.74) is 1.91. The van der Waals surface area contributed by atoms with Gasteiger partial charge in [0.25, 0.3) is 0 Å². The van der Waals surface area contributed by atoms with Crippen molar-refractivity contribution in [3.8, 4) is 0 Å². The van der Waals surface area contributed by atoms with Crippen LogP contribution >= 0.6 is 8.38 Å². The molecule has 94 valence electrons. The average Bonchev–Trinajstić information content (AvgIpc) is 2.19. The molecule has 1 aromatic carbocycles. The first-order valence-corrected chi connectivity index (χ1v) is 6.92. The van der Waals surface area contributed by atoms with Crippen LogP contribution < -0.4 is 5.32 Å². The van der Waals surface area contributed by atoms with E-state index in [4.69, 9.17) is 9.79 Å². The Kier molecular flexibility index (Phi) is 5.56. The van der Waals surface area contributed by atoms with Crippen LogP contribution in [0, 0.1) is 12.8 Å². The van der Waals surface area contributed by atoms with Crippen molar-refractivity contribution < 1.29 is 14.6 Å². The highest BCUT2D eigenvalue weighted by Gasteiger charge is 2.12. The molecule has 0 spiro atoms. The van der Waals surface area contributed by atoms with Crippen LogP contribution in [0.2, 0.25) is 0 Å². The van der Waals surface area contributed by atoms with Crippen LogP contribution in [0.3, 0.4) is 0 Å². The quantitative estimate of drug-likeness (QED) is 0.707. The molecule has 1 rings (SSSR count). The number of carbonyl (C=O) groups is 1. The summed E-state index contributed by atoms with van der Waals surface area (Å²) in [6, 6.07) is 7.56. The molecular formula is C12H18NO3P. The lowest BCUT2D eigenvalue weighted by atomic mass is 10.1. The summed E-state index contributed by atoms with van der Waals surface area (Å²) in [5.74, 6) is -0.125. The Bertz CT molecular complexity index is 365. The van der Waals surface area contributed by atoms with Crippen molar-refractivity contribution in [2.45, 2.75) is 20.3 Å². The topological polar surface area (TPSA) is 69.6 Å². The van der Waals surface area contributed by atoms with Crippen LogP contribution in [-0.4, -0.2) is 21.9 Å². The first-order valence-electron chi connectivity index (χ1n) is 5.49. The number of amides is 1. The Balaban J connectivity index is 2.41. The fraction of sp³-hybridized carbons (Fsp3) is 0.417. The van der Waals surface area contributed by atoms with Gasteiger partial charge in [-0.1, -0.05) is 24.6 Å². The van der Waals surface area contributed by atoms with E-state index in [2.05, 4.69) is 5.32 Å². The molecule has 0 saturated heterocycles. The van der Waals surface area contributed by atoms with Crippen LogP contribution in [0.25, 0.3) is 0 Å². The number of benzene rings is 1. The normalized spacial score (nSPS) is 12.5. The lowest BCUT2D eigenvalue weighted by molar-refractivity contribution is -0.116. The second kappa shape index (κ2) is 6.70. The molecule has 17 heavy (non-hydrogen) atoms. The number of hydrogen-bond acceptors (Lipinski definition) is 3. The minimum atomic E-state index is -1.91. The van der Waals surface area contributed by atoms with Gasteiger partial charge in [-0.2, -0.15) is 0 Å². The summed E-state index contributed by atoms with van der Waals surface area (Å²) < 4.78 is 0. The summed E-state index contributed by atoms with van der Waals surface area (Å²) in [5, 5.41) is 2.78. The fourth-order valence-electron chi connectivity index (χ4n) is 1.51. The molecule has 0 aliphatic rings. The largest absolute Gasteiger partial charge is 0.350 e. The molecule has 0 aliphatic heterocycles. The van der Waals surface area contributed by atoms with Crippen molar-refractivity contribution >= 4 is 20.0 Å². The van der Waals surface area contributed by atoms with Gasteiger partial charge in [-0.15, -0.1) is 0 Å². The van der Waals surface area contributed by atoms with E-state index in [0.717, 1.165) is 11.3 Å². The molecule has 0 aromatic heterocycles. The maximum atomic E-state index is 11.6. The monoisotopic (exact) mass is 255 g/mol. The molecule has 5 heteroatoms. The Morgan fingerprint density at radius 3 is 2.47 bits per heavy atom. The summed E-state index contributed by atoms with van der Waals surface area (Å²) in [4.78, 5) is 29.3. The third kappa shape index (κ3) is 5.78. The third-order valence-electron chi connectivity index (χ3n) is 2.34. The Hall–Kier alpha value is -0.960. The Morgan fingerprint density at radius 2 is 1.94 bits per heavy atom. The first-order chi connectivity index (χ1) is 7.97. The number of rotatable bonds is 5. The van der Waals surface area contributed by atoms with Gasteiger partial charge >= 0.3 is 0 Å². The molecule has 3 N–H and O–H groups in total. The maximum Gasteiger partial charge on any atom is 0.224 e. The standard InChI is InChI=1S/C12H18NO3P/c1-9-3-5-11(6-4-9)13-12(14)7-10(2)8-17(15)16/h3-6,10,15-16H,7-8H2,1-2H3,(H,13,14). The zero-order valence-corrected chi connectivity index (χ0v) is 10.9. The zero-order chi connectivity index (χ0) is 12.8. The Morgan fingerprint density at radius 1 is 1.35 bits per heavy atom. The van der Waals surface area contributed by atoms with E-state index in [1.54, 1.807) is 0 Å². The van der Waals surface area contributed by atoms with Crippen molar-refractivity contribution in [3.63, 3.8) is 0 Å². The molecule has 0 radical (unpaired) electrons. The van der Waals surface area contributed by atoms with Crippen molar-refractivity contribution in [2.24, 2.45) is 5.92 Å². The molecule has 0 saturated carbocycles. The van der Waals surface area contributed by atoms with Crippen molar-refractivity contribution in [3.05, 3.63) is 29.8 Å². The van der Waals surface area contributed by atoms with E-state index in [1.165, 1.54) is 0 Å². The van der Waals surface area contributed by atoms with Gasteiger partial charge in [-0.25, -0.2) is 0 Å². The molecule has 1 aromatic rings. The number of nitrogens with one attached hydrogen (secondary N) is 1. The molecular weight excluding hydrogens is 237 g/mol. The van der Waals surface area contributed by atoms with E-state index < -0.39 is 8.38 Å². The minimum absolute atomic E-state index is 0.0263. The highest BCUT2D eigenvalue weighted by molar-refractivity contribution is 7.45. The second-order valence-electron chi connectivity index (χ2n) is 4.28. The van der Waals surface area contributed by atoms with Gasteiger partial charge in [0.1, 0.15) is 0 Å². The first kappa shape index (κ1) is 14.1. The molecule has 0 bridgehead atoms. The number of anilines is 1. The fourth-order valence-corrected chi connectivity index (χ4v) is 2.20. The van der Waals surface area contributed by atoms with Crippen molar-refractivity contribution in [2.75, 3.05) is 11.5 Å². The molecule has 4 nitrogen and oxygen atoms in total. The van der Waals surface area contributed by atoms with Crippen LogP contribution in [-0.2, 0) is 4.79 Å². The van der Waals surface area contributed by atoms with Gasteiger partial charge in [-0.3, -0.25) is 4.79 Å². The van der Waals surface area contributed by atoms with Gasteiger partial charge in [-0.05, 0) is 25.0 Å². The highest BCUT2D eigenvalue weighted by Crippen LogP contribution is 2.27. The van der Waals surface area contributed by atoms with Crippen LogP contribution in [0.1, 0.15) is 18.9 Å². The average molecular weight is 255 g/mol. The molecule has 1 unspecified atom stereocenters. The Labute approximate surface area is 103 Å². The number of aryl methyl sites for hydroxylation is 1. The zero-order valence-electron chi connectivity index (χ0n) is 10.1. The SMILES string of the molecule is Cc1ccc(NC(=O)CC(C)CP(O)O)cc1. The van der Waals surface area contributed by atoms with Crippen LogP contribution in [0.15, 0.2) is 24.3 Å². The van der Waals surface area contributed by atoms with E-state index >= 15 is 0 Å². The van der Waals surface area contributed by atoms with Gasteiger partial charge in [0.15, 0.2) is 8.38 Å². The van der Waals surface area contributed by atoms with E-state index in [9.17, 15) is 4.79 Å². The predicted molar refractivity (Wildman–Crippen MR) is 69.8 cm³/mol. The van der Waals surface area contributed by atoms with Crippen molar-refractivity contribution in [1.82, 2.24) is 0 Å². The molecule has 0 heterocycles.